The molecular weight excluding hydrogens is 264 g/mol. The summed E-state index contributed by atoms with van der Waals surface area (Å²) >= 11 is 1.73. The largest absolute Gasteiger partial charge is 0.289 e. The second-order valence-corrected chi connectivity index (χ2v) is 5.83. The number of hydrogen-bond acceptors (Lipinski definition) is 2. The Bertz CT molecular complexity index is 768. The summed E-state index contributed by atoms with van der Waals surface area (Å²) in [6.07, 6.45) is 0. The third-order valence-electron chi connectivity index (χ3n) is 3.28. The fourth-order valence-electron chi connectivity index (χ4n) is 2.12. The molecule has 0 aliphatic rings. The van der Waals surface area contributed by atoms with Crippen LogP contribution in [-0.2, 0) is 0 Å². The zero-order chi connectivity index (χ0) is 13.9. The van der Waals surface area contributed by atoms with E-state index in [0.29, 0.717) is 0 Å². The summed E-state index contributed by atoms with van der Waals surface area (Å²) in [5, 5.41) is 0. The first kappa shape index (κ1) is 12.9. The van der Waals surface area contributed by atoms with Crippen molar-refractivity contribution in [2.75, 3.05) is 0 Å². The van der Waals surface area contributed by atoms with Crippen LogP contribution in [0.5, 0.6) is 0 Å². The first-order valence-electron chi connectivity index (χ1n) is 6.60. The summed E-state index contributed by atoms with van der Waals surface area (Å²) in [5.74, 6) is 0. The van der Waals surface area contributed by atoms with Crippen LogP contribution in [-0.4, -0.2) is 4.57 Å². The maximum Gasteiger partial charge on any atom is 0.195 e. The zero-order valence-corrected chi connectivity index (χ0v) is 12.4. The number of rotatable bonds is 2. The summed E-state index contributed by atoms with van der Waals surface area (Å²) in [5.41, 5.74) is 3.39. The van der Waals surface area contributed by atoms with Gasteiger partial charge in [-0.15, -0.1) is 11.3 Å². The molecule has 2 aromatic carbocycles. The Kier molecular flexibility index (Phi) is 3.52. The molecule has 0 fully saturated rings. The van der Waals surface area contributed by atoms with E-state index in [1.54, 1.807) is 11.3 Å². The normalized spacial score (nSPS) is 11.8. The Labute approximate surface area is 122 Å². The summed E-state index contributed by atoms with van der Waals surface area (Å²) in [4.78, 5) is 7.09. The third kappa shape index (κ3) is 2.45. The molecule has 0 spiro atoms. The molecule has 0 atom stereocenters. The summed E-state index contributed by atoms with van der Waals surface area (Å²) in [6, 6.07) is 20.5. The van der Waals surface area contributed by atoms with Gasteiger partial charge >= 0.3 is 0 Å². The number of benzene rings is 2. The van der Waals surface area contributed by atoms with E-state index in [-0.39, 0.29) is 0 Å². The number of aromatic nitrogens is 1. The Morgan fingerprint density at radius 1 is 0.850 bits per heavy atom. The fraction of sp³-hybridized carbons (Fsp3) is 0.118. The molecule has 20 heavy (non-hydrogen) atoms. The minimum absolute atomic E-state index is 0.985. The quantitative estimate of drug-likeness (QED) is 0.662. The van der Waals surface area contributed by atoms with Gasteiger partial charge in [0.2, 0.25) is 0 Å². The van der Waals surface area contributed by atoms with Crippen LogP contribution in [0, 0.1) is 13.8 Å². The highest BCUT2D eigenvalue weighted by atomic mass is 32.1. The maximum atomic E-state index is 4.78. The lowest BCUT2D eigenvalue weighted by atomic mass is 10.3. The zero-order valence-electron chi connectivity index (χ0n) is 11.6. The van der Waals surface area contributed by atoms with Crippen molar-refractivity contribution in [2.24, 2.45) is 4.99 Å². The van der Waals surface area contributed by atoms with Crippen molar-refractivity contribution >= 4 is 17.0 Å². The number of para-hydroxylation sites is 2. The molecule has 0 amide bonds. The molecule has 3 aromatic rings. The lowest BCUT2D eigenvalue weighted by molar-refractivity contribution is 0.946. The van der Waals surface area contributed by atoms with Gasteiger partial charge in [0.25, 0.3) is 0 Å². The van der Waals surface area contributed by atoms with Crippen LogP contribution < -0.4 is 4.80 Å². The molecular formula is C17H16N2S. The lowest BCUT2D eigenvalue weighted by Crippen LogP contribution is -2.13. The summed E-state index contributed by atoms with van der Waals surface area (Å²) < 4.78 is 2.22. The van der Waals surface area contributed by atoms with Crippen LogP contribution in [0.3, 0.4) is 0 Å². The highest BCUT2D eigenvalue weighted by Gasteiger charge is 2.07. The van der Waals surface area contributed by atoms with Crippen LogP contribution in [0.1, 0.15) is 10.6 Å². The van der Waals surface area contributed by atoms with Crippen molar-refractivity contribution < 1.29 is 0 Å². The molecule has 0 radical (unpaired) electrons. The van der Waals surface area contributed by atoms with Crippen molar-refractivity contribution in [2.45, 2.75) is 13.8 Å². The number of hydrogen-bond donors (Lipinski definition) is 0. The Morgan fingerprint density at radius 3 is 2.10 bits per heavy atom. The maximum absolute atomic E-state index is 4.78. The first-order valence-corrected chi connectivity index (χ1v) is 7.41. The third-order valence-corrected chi connectivity index (χ3v) is 4.33. The lowest BCUT2D eigenvalue weighted by Gasteiger charge is -2.05. The minimum Gasteiger partial charge on any atom is -0.289 e. The molecule has 3 heteroatoms. The van der Waals surface area contributed by atoms with Gasteiger partial charge in [0.1, 0.15) is 0 Å². The summed E-state index contributed by atoms with van der Waals surface area (Å²) in [7, 11) is 0. The van der Waals surface area contributed by atoms with E-state index in [1.807, 2.05) is 36.4 Å². The first-order chi connectivity index (χ1) is 9.75. The van der Waals surface area contributed by atoms with Crippen molar-refractivity contribution in [3.8, 4) is 5.69 Å². The smallest absolute Gasteiger partial charge is 0.195 e. The second kappa shape index (κ2) is 5.47. The SMILES string of the molecule is Cc1sc(=Nc2ccccc2)n(-c2ccccc2)c1C. The average molecular weight is 280 g/mol. The second-order valence-electron chi connectivity index (χ2n) is 4.64. The van der Waals surface area contributed by atoms with Gasteiger partial charge < -0.3 is 0 Å². The van der Waals surface area contributed by atoms with Crippen LogP contribution in [0.15, 0.2) is 65.7 Å². The molecule has 2 nitrogen and oxygen atoms in total. The van der Waals surface area contributed by atoms with Crippen molar-refractivity contribution in [3.63, 3.8) is 0 Å². The Hall–Kier alpha value is -2.13. The molecule has 0 N–H and O–H groups in total. The van der Waals surface area contributed by atoms with Gasteiger partial charge in [0.15, 0.2) is 4.80 Å². The van der Waals surface area contributed by atoms with Gasteiger partial charge in [-0.2, -0.15) is 0 Å². The number of thiazole rings is 1. The van der Waals surface area contributed by atoms with Gasteiger partial charge in [0, 0.05) is 16.3 Å². The monoisotopic (exact) mass is 280 g/mol. The molecule has 0 aliphatic heterocycles. The predicted molar refractivity (Wildman–Crippen MR) is 84.8 cm³/mol. The summed E-state index contributed by atoms with van der Waals surface area (Å²) in [6.45, 7) is 4.28. The standard InChI is InChI=1S/C17H16N2S/c1-13-14(2)20-17(18-15-9-5-3-6-10-15)19(13)16-11-7-4-8-12-16/h3-12H,1-2H3. The van der Waals surface area contributed by atoms with Gasteiger partial charge in [-0.05, 0) is 38.1 Å². The molecule has 0 unspecified atom stereocenters. The molecule has 0 saturated heterocycles. The van der Waals surface area contributed by atoms with Crippen molar-refractivity contribution in [1.82, 2.24) is 4.57 Å². The Balaban J connectivity index is 2.23. The van der Waals surface area contributed by atoms with E-state index in [2.05, 4.69) is 42.7 Å². The van der Waals surface area contributed by atoms with Gasteiger partial charge in [-0.3, -0.25) is 4.57 Å². The van der Waals surface area contributed by atoms with Crippen LogP contribution in [0.4, 0.5) is 5.69 Å². The average Bonchev–Trinajstić information content (AvgIpc) is 2.76. The van der Waals surface area contributed by atoms with E-state index >= 15 is 0 Å². The van der Waals surface area contributed by atoms with Crippen molar-refractivity contribution in [3.05, 3.63) is 76.0 Å². The van der Waals surface area contributed by atoms with E-state index in [9.17, 15) is 0 Å². The predicted octanol–water partition coefficient (Wildman–Crippen LogP) is 4.39. The number of aryl methyl sites for hydroxylation is 1. The van der Waals surface area contributed by atoms with Gasteiger partial charge in [-0.1, -0.05) is 36.4 Å². The molecule has 0 saturated carbocycles. The van der Waals surface area contributed by atoms with E-state index in [1.165, 1.54) is 10.6 Å². The highest BCUT2D eigenvalue weighted by molar-refractivity contribution is 7.09. The van der Waals surface area contributed by atoms with E-state index in [0.717, 1.165) is 16.2 Å². The minimum atomic E-state index is 0.985. The van der Waals surface area contributed by atoms with Crippen molar-refractivity contribution in [1.29, 1.82) is 0 Å². The van der Waals surface area contributed by atoms with Gasteiger partial charge in [0.05, 0.1) is 5.69 Å². The molecule has 1 aromatic heterocycles. The van der Waals surface area contributed by atoms with Crippen LogP contribution in [0.25, 0.3) is 5.69 Å². The van der Waals surface area contributed by atoms with Crippen LogP contribution in [0.2, 0.25) is 0 Å². The van der Waals surface area contributed by atoms with Gasteiger partial charge in [-0.25, -0.2) is 4.99 Å². The topological polar surface area (TPSA) is 17.3 Å². The molecule has 1 heterocycles. The molecule has 0 bridgehead atoms. The molecule has 3 rings (SSSR count). The molecule has 100 valence electrons. The highest BCUT2D eigenvalue weighted by Crippen LogP contribution is 2.17. The van der Waals surface area contributed by atoms with Crippen LogP contribution >= 0.6 is 11.3 Å². The molecule has 0 aliphatic carbocycles. The number of nitrogens with zero attached hydrogens (tertiary/aromatic N) is 2. The Morgan fingerprint density at radius 2 is 1.45 bits per heavy atom. The van der Waals surface area contributed by atoms with E-state index < -0.39 is 0 Å². The fourth-order valence-corrected chi connectivity index (χ4v) is 3.12. The van der Waals surface area contributed by atoms with E-state index in [4.69, 9.17) is 4.99 Å².